The minimum atomic E-state index is -3.92. The lowest BCUT2D eigenvalue weighted by molar-refractivity contribution is -0.127. The van der Waals surface area contributed by atoms with E-state index in [1.165, 1.54) is 17.0 Å². The van der Waals surface area contributed by atoms with E-state index < -0.39 is 15.3 Å². The van der Waals surface area contributed by atoms with Gasteiger partial charge < -0.3 is 5.32 Å². The number of benzene rings is 1. The standard InChI is InChI=1S/C19H19N3O4S3/c1-3-10-22-18(24)15(12-16(23)20-14-8-6-13(2)7-9-14)28-19(22)21-29(25,26)17-5-4-11-27-17/h3-9,11,15H,1,10,12H2,2H3,(H,20,23)/t15-/m1/s1. The molecule has 1 aromatic heterocycles. The Kier molecular flexibility index (Phi) is 6.56. The first kappa shape index (κ1) is 21.3. The summed E-state index contributed by atoms with van der Waals surface area (Å²) in [5, 5.41) is 3.69. The molecule has 1 atom stereocenters. The molecule has 1 N–H and O–H groups in total. The monoisotopic (exact) mass is 449 g/mol. The third kappa shape index (κ3) is 5.14. The van der Waals surface area contributed by atoms with Crippen molar-refractivity contribution in [3.63, 3.8) is 0 Å². The van der Waals surface area contributed by atoms with E-state index in [1.54, 1.807) is 23.6 Å². The molecule has 0 saturated carbocycles. The van der Waals surface area contributed by atoms with Crippen molar-refractivity contribution in [3.05, 3.63) is 60.0 Å². The molecule has 29 heavy (non-hydrogen) atoms. The first-order valence-corrected chi connectivity index (χ1v) is 11.8. The van der Waals surface area contributed by atoms with E-state index >= 15 is 0 Å². The minimum Gasteiger partial charge on any atom is -0.326 e. The molecule has 0 radical (unpaired) electrons. The van der Waals surface area contributed by atoms with Gasteiger partial charge in [-0.1, -0.05) is 41.6 Å². The quantitative estimate of drug-likeness (QED) is 0.655. The topological polar surface area (TPSA) is 95.9 Å². The van der Waals surface area contributed by atoms with E-state index in [0.717, 1.165) is 28.7 Å². The zero-order valence-electron chi connectivity index (χ0n) is 15.6. The molecule has 3 rings (SSSR count). The summed E-state index contributed by atoms with van der Waals surface area (Å²) in [7, 11) is -3.92. The lowest BCUT2D eigenvalue weighted by Gasteiger charge is -2.13. The lowest BCUT2D eigenvalue weighted by atomic mass is 10.2. The van der Waals surface area contributed by atoms with E-state index in [2.05, 4.69) is 16.3 Å². The molecule has 0 aliphatic carbocycles. The molecule has 0 unspecified atom stereocenters. The SMILES string of the molecule is C=CCN1C(=O)[C@@H](CC(=O)Nc2ccc(C)cc2)SC1=NS(=O)(=O)c1cccs1. The first-order valence-electron chi connectivity index (χ1n) is 8.64. The molecular weight excluding hydrogens is 430 g/mol. The molecule has 1 aliphatic heterocycles. The van der Waals surface area contributed by atoms with Crippen molar-refractivity contribution in [1.29, 1.82) is 0 Å². The van der Waals surface area contributed by atoms with Gasteiger partial charge in [0.25, 0.3) is 10.0 Å². The summed E-state index contributed by atoms with van der Waals surface area (Å²) in [5.41, 5.74) is 1.70. The van der Waals surface area contributed by atoms with Crippen molar-refractivity contribution in [2.45, 2.75) is 22.8 Å². The molecule has 7 nitrogen and oxygen atoms in total. The summed E-state index contributed by atoms with van der Waals surface area (Å²) in [5.74, 6) is -0.699. The largest absolute Gasteiger partial charge is 0.326 e. The van der Waals surface area contributed by atoms with E-state index in [-0.39, 0.29) is 34.2 Å². The third-order valence-corrected chi connectivity index (χ3v) is 7.92. The molecular formula is C19H19N3O4S3. The number of nitrogens with zero attached hydrogens (tertiary/aromatic N) is 2. The second kappa shape index (κ2) is 8.93. The van der Waals surface area contributed by atoms with Crippen LogP contribution in [0.5, 0.6) is 0 Å². The number of carbonyl (C=O) groups excluding carboxylic acids is 2. The Labute approximate surface area is 177 Å². The van der Waals surface area contributed by atoms with Crippen LogP contribution in [0.3, 0.4) is 0 Å². The number of sulfonamides is 1. The maximum atomic E-state index is 12.7. The molecule has 2 amide bonds. The van der Waals surface area contributed by atoms with E-state index in [1.807, 2.05) is 19.1 Å². The van der Waals surface area contributed by atoms with Gasteiger partial charge in [0.15, 0.2) is 5.17 Å². The number of hydrogen-bond donors (Lipinski definition) is 1. The summed E-state index contributed by atoms with van der Waals surface area (Å²) in [6, 6.07) is 10.4. The molecule has 1 fully saturated rings. The highest BCUT2D eigenvalue weighted by molar-refractivity contribution is 8.16. The zero-order chi connectivity index (χ0) is 21.0. The van der Waals surface area contributed by atoms with Gasteiger partial charge in [0.05, 0.1) is 0 Å². The highest BCUT2D eigenvalue weighted by Gasteiger charge is 2.39. The van der Waals surface area contributed by atoms with Crippen molar-refractivity contribution < 1.29 is 18.0 Å². The first-order chi connectivity index (χ1) is 13.8. The van der Waals surface area contributed by atoms with Crippen molar-refractivity contribution in [3.8, 4) is 0 Å². The Bertz CT molecular complexity index is 1040. The fraction of sp³-hybridized carbons (Fsp3) is 0.211. The average Bonchev–Trinajstić information content (AvgIpc) is 3.29. The van der Waals surface area contributed by atoms with Crippen LogP contribution < -0.4 is 5.32 Å². The maximum absolute atomic E-state index is 12.7. The zero-order valence-corrected chi connectivity index (χ0v) is 18.0. The Morgan fingerprint density at radius 1 is 1.31 bits per heavy atom. The molecule has 1 aliphatic rings. The van der Waals surface area contributed by atoms with Crippen LogP contribution >= 0.6 is 23.1 Å². The molecule has 0 spiro atoms. The summed E-state index contributed by atoms with van der Waals surface area (Å²) in [6.45, 7) is 5.66. The fourth-order valence-electron chi connectivity index (χ4n) is 2.58. The van der Waals surface area contributed by atoms with Crippen LogP contribution in [0.1, 0.15) is 12.0 Å². The summed E-state index contributed by atoms with van der Waals surface area (Å²) >= 11 is 2.03. The molecule has 1 saturated heterocycles. The number of anilines is 1. The fourth-order valence-corrected chi connectivity index (χ4v) is 5.92. The van der Waals surface area contributed by atoms with Crippen molar-refractivity contribution in [1.82, 2.24) is 4.90 Å². The Morgan fingerprint density at radius 2 is 2.03 bits per heavy atom. The third-order valence-electron chi connectivity index (χ3n) is 3.99. The highest BCUT2D eigenvalue weighted by Crippen LogP contribution is 2.32. The lowest BCUT2D eigenvalue weighted by Crippen LogP contribution is -2.33. The van der Waals surface area contributed by atoms with Crippen molar-refractivity contribution >= 4 is 55.8 Å². The number of rotatable bonds is 7. The van der Waals surface area contributed by atoms with Crippen LogP contribution in [-0.2, 0) is 19.6 Å². The van der Waals surface area contributed by atoms with Gasteiger partial charge in [-0.3, -0.25) is 14.5 Å². The van der Waals surface area contributed by atoms with Gasteiger partial charge in [0, 0.05) is 18.7 Å². The smallest absolute Gasteiger partial charge is 0.294 e. The van der Waals surface area contributed by atoms with Gasteiger partial charge in [-0.2, -0.15) is 8.42 Å². The van der Waals surface area contributed by atoms with Crippen LogP contribution in [0, 0.1) is 6.92 Å². The molecule has 1 aromatic carbocycles. The van der Waals surface area contributed by atoms with Crippen LogP contribution in [-0.4, -0.2) is 42.1 Å². The Balaban J connectivity index is 1.76. The van der Waals surface area contributed by atoms with E-state index in [0.29, 0.717) is 5.69 Å². The van der Waals surface area contributed by atoms with Crippen LogP contribution in [0.2, 0.25) is 0 Å². The molecule has 2 aromatic rings. The maximum Gasteiger partial charge on any atom is 0.294 e. The number of aryl methyl sites for hydroxylation is 1. The highest BCUT2D eigenvalue weighted by atomic mass is 32.2. The second-order valence-corrected chi connectivity index (χ2v) is 10.2. The predicted octanol–water partition coefficient (Wildman–Crippen LogP) is 3.26. The number of amidine groups is 1. The van der Waals surface area contributed by atoms with Gasteiger partial charge >= 0.3 is 0 Å². The molecule has 2 heterocycles. The Morgan fingerprint density at radius 3 is 2.66 bits per heavy atom. The van der Waals surface area contributed by atoms with Gasteiger partial charge in [0.2, 0.25) is 11.8 Å². The number of amides is 2. The van der Waals surface area contributed by atoms with Crippen LogP contribution in [0.25, 0.3) is 0 Å². The molecule has 10 heteroatoms. The number of hydrogen-bond acceptors (Lipinski definition) is 6. The van der Waals surface area contributed by atoms with Crippen molar-refractivity contribution in [2.75, 3.05) is 11.9 Å². The second-order valence-electron chi connectivity index (χ2n) is 6.24. The number of thiophene rings is 1. The molecule has 152 valence electrons. The van der Waals surface area contributed by atoms with E-state index in [9.17, 15) is 18.0 Å². The summed E-state index contributed by atoms with van der Waals surface area (Å²) in [4.78, 5) is 26.3. The number of nitrogens with one attached hydrogen (secondary N) is 1. The predicted molar refractivity (Wildman–Crippen MR) is 117 cm³/mol. The number of carbonyl (C=O) groups is 2. The summed E-state index contributed by atoms with van der Waals surface area (Å²) < 4.78 is 28.9. The van der Waals surface area contributed by atoms with Gasteiger partial charge in [-0.15, -0.1) is 22.3 Å². The van der Waals surface area contributed by atoms with Gasteiger partial charge in [0.1, 0.15) is 9.46 Å². The minimum absolute atomic E-state index is 0.0523. The summed E-state index contributed by atoms with van der Waals surface area (Å²) in [6.07, 6.45) is 1.39. The average molecular weight is 450 g/mol. The Hall–Kier alpha value is -2.43. The van der Waals surface area contributed by atoms with Gasteiger partial charge in [-0.25, -0.2) is 0 Å². The molecule has 0 bridgehead atoms. The van der Waals surface area contributed by atoms with Crippen molar-refractivity contribution in [2.24, 2.45) is 4.40 Å². The van der Waals surface area contributed by atoms with Crippen LogP contribution in [0.4, 0.5) is 5.69 Å². The van der Waals surface area contributed by atoms with Crippen LogP contribution in [0.15, 0.2) is 63.0 Å². The normalized spacial score (nSPS) is 18.2. The van der Waals surface area contributed by atoms with Gasteiger partial charge in [-0.05, 0) is 30.5 Å². The van der Waals surface area contributed by atoms with E-state index in [4.69, 9.17) is 0 Å². The number of thioether (sulfide) groups is 1.